The van der Waals surface area contributed by atoms with Crippen molar-refractivity contribution in [1.82, 2.24) is 24.6 Å². The summed E-state index contributed by atoms with van der Waals surface area (Å²) >= 11 is 0. The lowest BCUT2D eigenvalue weighted by molar-refractivity contribution is 0.200. The molecule has 3 rings (SSSR count). The molecule has 1 fully saturated rings. The largest absolute Gasteiger partial charge is 0.492 e. The molecule has 1 aromatic carbocycles. The van der Waals surface area contributed by atoms with Crippen molar-refractivity contribution in [2.45, 2.75) is 39.4 Å². The van der Waals surface area contributed by atoms with Gasteiger partial charge in [0.15, 0.2) is 0 Å². The van der Waals surface area contributed by atoms with Gasteiger partial charge in [0.05, 0.1) is 6.54 Å². The van der Waals surface area contributed by atoms with Gasteiger partial charge < -0.3 is 9.30 Å². The molecule has 0 N–H and O–H groups in total. The summed E-state index contributed by atoms with van der Waals surface area (Å²) in [4.78, 5) is 4.90. The molecule has 0 saturated carbocycles. The van der Waals surface area contributed by atoms with Crippen LogP contribution in [0.3, 0.4) is 0 Å². The van der Waals surface area contributed by atoms with Crippen molar-refractivity contribution in [3.8, 4) is 5.75 Å². The van der Waals surface area contributed by atoms with Gasteiger partial charge in [0.25, 0.3) is 0 Å². The number of aryl methyl sites for hydroxylation is 1. The summed E-state index contributed by atoms with van der Waals surface area (Å²) < 4.78 is 8.01. The Bertz CT molecular complexity index is 657. The first-order chi connectivity index (χ1) is 12.2. The van der Waals surface area contributed by atoms with Crippen molar-refractivity contribution in [1.29, 1.82) is 0 Å². The summed E-state index contributed by atoms with van der Waals surface area (Å²) in [6, 6.07) is 10.6. The minimum Gasteiger partial charge on any atom is -0.492 e. The molecule has 6 nitrogen and oxygen atoms in total. The van der Waals surface area contributed by atoms with E-state index in [1.807, 2.05) is 37.3 Å². The van der Waals surface area contributed by atoms with Gasteiger partial charge in [-0.25, -0.2) is 0 Å². The van der Waals surface area contributed by atoms with Gasteiger partial charge in [-0.15, -0.1) is 10.2 Å². The Morgan fingerprint density at radius 3 is 2.80 bits per heavy atom. The molecule has 1 aromatic heterocycles. The lowest BCUT2D eigenvalue weighted by Gasteiger charge is -2.24. The highest BCUT2D eigenvalue weighted by Crippen LogP contribution is 2.17. The SMILES string of the molecule is CCn1c(C)nnc1CN(C)[C@H]1CCN(CCOc2ccccc2)C1. The molecule has 2 heterocycles. The summed E-state index contributed by atoms with van der Waals surface area (Å²) in [5.74, 6) is 3.01. The molecule has 2 aromatic rings. The maximum atomic E-state index is 5.82. The first-order valence-corrected chi connectivity index (χ1v) is 9.16. The highest BCUT2D eigenvalue weighted by molar-refractivity contribution is 5.20. The summed E-state index contributed by atoms with van der Waals surface area (Å²) in [6.07, 6.45) is 1.20. The van der Waals surface area contributed by atoms with E-state index in [1.165, 1.54) is 6.42 Å². The molecule has 1 aliphatic rings. The van der Waals surface area contributed by atoms with Crippen LogP contribution in [0.2, 0.25) is 0 Å². The quantitative estimate of drug-likeness (QED) is 0.735. The third kappa shape index (κ3) is 4.58. The maximum absolute atomic E-state index is 5.82. The van der Waals surface area contributed by atoms with Gasteiger partial charge in [0.2, 0.25) is 0 Å². The van der Waals surface area contributed by atoms with Crippen LogP contribution in [-0.4, -0.2) is 63.9 Å². The Morgan fingerprint density at radius 2 is 2.04 bits per heavy atom. The molecule has 0 amide bonds. The predicted octanol–water partition coefficient (Wildman–Crippen LogP) is 2.19. The van der Waals surface area contributed by atoms with Crippen molar-refractivity contribution in [2.75, 3.05) is 33.3 Å². The minimum atomic E-state index is 0.569. The number of para-hydroxylation sites is 1. The molecule has 1 atom stereocenters. The second-order valence-electron chi connectivity index (χ2n) is 6.73. The Kier molecular flexibility index (Phi) is 6.04. The van der Waals surface area contributed by atoms with E-state index in [0.717, 1.165) is 56.7 Å². The number of likely N-dealkylation sites (tertiary alicyclic amines) is 1. The van der Waals surface area contributed by atoms with E-state index in [-0.39, 0.29) is 0 Å². The van der Waals surface area contributed by atoms with Crippen LogP contribution in [0.4, 0.5) is 0 Å². The molecular weight excluding hydrogens is 314 g/mol. The number of hydrogen-bond donors (Lipinski definition) is 0. The van der Waals surface area contributed by atoms with Crippen molar-refractivity contribution in [3.63, 3.8) is 0 Å². The van der Waals surface area contributed by atoms with Crippen LogP contribution in [0.15, 0.2) is 30.3 Å². The normalized spacial score (nSPS) is 18.2. The van der Waals surface area contributed by atoms with Gasteiger partial charge in [-0.1, -0.05) is 18.2 Å². The van der Waals surface area contributed by atoms with Crippen LogP contribution < -0.4 is 4.74 Å². The van der Waals surface area contributed by atoms with E-state index in [4.69, 9.17) is 4.74 Å². The average molecular weight is 343 g/mol. The van der Waals surface area contributed by atoms with Crippen LogP contribution in [-0.2, 0) is 13.1 Å². The molecule has 6 heteroatoms. The molecule has 25 heavy (non-hydrogen) atoms. The van der Waals surface area contributed by atoms with E-state index >= 15 is 0 Å². The van der Waals surface area contributed by atoms with E-state index in [1.54, 1.807) is 0 Å². The zero-order valence-electron chi connectivity index (χ0n) is 15.6. The molecule has 0 radical (unpaired) electrons. The number of ether oxygens (including phenoxy) is 1. The molecule has 0 bridgehead atoms. The standard InChI is InChI=1S/C19H29N5O/c1-4-24-16(2)20-21-19(24)15-22(3)17-10-11-23(14-17)12-13-25-18-8-6-5-7-9-18/h5-9,17H,4,10-15H2,1-3H3/t17-/m0/s1. The lowest BCUT2D eigenvalue weighted by atomic mass is 10.2. The highest BCUT2D eigenvalue weighted by Gasteiger charge is 2.26. The van der Waals surface area contributed by atoms with Crippen LogP contribution in [0.1, 0.15) is 25.0 Å². The maximum Gasteiger partial charge on any atom is 0.147 e. The fourth-order valence-corrected chi connectivity index (χ4v) is 3.49. The van der Waals surface area contributed by atoms with Gasteiger partial charge in [0.1, 0.15) is 24.0 Å². The van der Waals surface area contributed by atoms with Crippen molar-refractivity contribution < 1.29 is 4.74 Å². The molecule has 0 aliphatic carbocycles. The summed E-state index contributed by atoms with van der Waals surface area (Å²) in [7, 11) is 2.19. The van der Waals surface area contributed by atoms with Crippen molar-refractivity contribution in [3.05, 3.63) is 42.0 Å². The summed E-state index contributed by atoms with van der Waals surface area (Å²) in [6.45, 7) is 9.88. The molecule has 0 unspecified atom stereocenters. The van der Waals surface area contributed by atoms with Gasteiger partial charge in [-0.05, 0) is 46.0 Å². The van der Waals surface area contributed by atoms with Crippen molar-refractivity contribution in [2.24, 2.45) is 0 Å². The first-order valence-electron chi connectivity index (χ1n) is 9.16. The highest BCUT2D eigenvalue weighted by atomic mass is 16.5. The molecule has 0 spiro atoms. The minimum absolute atomic E-state index is 0.569. The van der Waals surface area contributed by atoms with Gasteiger partial charge in [-0.3, -0.25) is 9.80 Å². The van der Waals surface area contributed by atoms with Gasteiger partial charge in [0, 0.05) is 25.7 Å². The van der Waals surface area contributed by atoms with Gasteiger partial charge >= 0.3 is 0 Å². The van der Waals surface area contributed by atoms with E-state index in [2.05, 4.69) is 38.5 Å². The Balaban J connectivity index is 1.44. The number of rotatable bonds is 8. The van der Waals surface area contributed by atoms with E-state index in [9.17, 15) is 0 Å². The fraction of sp³-hybridized carbons (Fsp3) is 0.579. The van der Waals surface area contributed by atoms with Gasteiger partial charge in [-0.2, -0.15) is 0 Å². The average Bonchev–Trinajstić information content (AvgIpc) is 3.23. The summed E-state index contributed by atoms with van der Waals surface area (Å²) in [5, 5.41) is 8.55. The zero-order valence-corrected chi connectivity index (χ0v) is 15.6. The predicted molar refractivity (Wildman–Crippen MR) is 98.7 cm³/mol. The number of likely N-dealkylation sites (N-methyl/N-ethyl adjacent to an activating group) is 1. The molecule has 1 aliphatic heterocycles. The van der Waals surface area contributed by atoms with Crippen LogP contribution in [0.5, 0.6) is 5.75 Å². The number of nitrogens with zero attached hydrogens (tertiary/aromatic N) is 5. The first kappa shape index (κ1) is 17.9. The number of benzene rings is 1. The number of hydrogen-bond acceptors (Lipinski definition) is 5. The van der Waals surface area contributed by atoms with Crippen LogP contribution in [0, 0.1) is 6.92 Å². The van der Waals surface area contributed by atoms with Crippen molar-refractivity contribution >= 4 is 0 Å². The fourth-order valence-electron chi connectivity index (χ4n) is 3.49. The lowest BCUT2D eigenvalue weighted by Crippen LogP contribution is -2.35. The third-order valence-corrected chi connectivity index (χ3v) is 5.01. The summed E-state index contributed by atoms with van der Waals surface area (Å²) in [5.41, 5.74) is 0. The second-order valence-corrected chi connectivity index (χ2v) is 6.73. The number of aromatic nitrogens is 3. The molecule has 1 saturated heterocycles. The second kappa shape index (κ2) is 8.45. The monoisotopic (exact) mass is 343 g/mol. The van der Waals surface area contributed by atoms with Crippen LogP contribution in [0.25, 0.3) is 0 Å². The third-order valence-electron chi connectivity index (χ3n) is 5.01. The molecular formula is C19H29N5O. The smallest absolute Gasteiger partial charge is 0.147 e. The van der Waals surface area contributed by atoms with Crippen LogP contribution >= 0.6 is 0 Å². The zero-order chi connectivity index (χ0) is 17.6. The van der Waals surface area contributed by atoms with E-state index in [0.29, 0.717) is 6.04 Å². The Hall–Kier alpha value is -1.92. The Morgan fingerprint density at radius 1 is 1.24 bits per heavy atom. The Labute approximate surface area is 150 Å². The topological polar surface area (TPSA) is 46.4 Å². The van der Waals surface area contributed by atoms with E-state index < -0.39 is 0 Å². The molecule has 136 valence electrons.